The fourth-order valence-electron chi connectivity index (χ4n) is 4.68. The van der Waals surface area contributed by atoms with Crippen molar-refractivity contribution in [1.82, 2.24) is 9.47 Å². The summed E-state index contributed by atoms with van der Waals surface area (Å²) in [6, 6.07) is 25.2. The molecule has 2 heterocycles. The Kier molecular flexibility index (Phi) is 6.22. The largest absolute Gasteiger partial charge is 0.378 e. The highest BCUT2D eigenvalue weighted by atomic mass is 19.1. The van der Waals surface area contributed by atoms with Crippen LogP contribution < -0.4 is 0 Å². The van der Waals surface area contributed by atoms with Crippen molar-refractivity contribution >= 4 is 16.8 Å². The minimum atomic E-state index is -0.275. The molecule has 33 heavy (non-hydrogen) atoms. The quantitative estimate of drug-likeness (QED) is 0.411. The van der Waals surface area contributed by atoms with E-state index in [1.807, 2.05) is 35.2 Å². The lowest BCUT2D eigenvalue weighted by molar-refractivity contribution is -0.135. The predicted molar refractivity (Wildman–Crippen MR) is 128 cm³/mol. The predicted octanol–water partition coefficient (Wildman–Crippen LogP) is 5.21. The molecule has 5 heteroatoms. The van der Waals surface area contributed by atoms with Crippen LogP contribution in [0.3, 0.4) is 0 Å². The Bertz CT molecular complexity index is 1230. The molecular weight excluding hydrogens is 415 g/mol. The van der Waals surface area contributed by atoms with Crippen LogP contribution in [0.4, 0.5) is 4.39 Å². The zero-order valence-electron chi connectivity index (χ0n) is 18.5. The Hall–Kier alpha value is -3.44. The van der Waals surface area contributed by atoms with Crippen molar-refractivity contribution in [3.8, 4) is 0 Å². The molecule has 1 atom stereocenters. The number of carbonyl (C=O) groups excluding carboxylic acids is 1. The third-order valence-electron chi connectivity index (χ3n) is 6.41. The number of halogens is 1. The van der Waals surface area contributed by atoms with E-state index < -0.39 is 0 Å². The number of amides is 1. The number of morpholine rings is 1. The molecule has 4 nitrogen and oxygen atoms in total. The molecule has 5 rings (SSSR count). The first-order chi connectivity index (χ1) is 16.2. The zero-order valence-corrected chi connectivity index (χ0v) is 18.5. The summed E-state index contributed by atoms with van der Waals surface area (Å²) in [5, 5.41) is 1.12. The van der Waals surface area contributed by atoms with E-state index in [0.717, 1.165) is 28.6 Å². The van der Waals surface area contributed by atoms with Crippen LogP contribution >= 0.6 is 0 Å². The van der Waals surface area contributed by atoms with Gasteiger partial charge in [0.2, 0.25) is 5.91 Å². The summed E-state index contributed by atoms with van der Waals surface area (Å²) in [4.78, 5) is 15.1. The highest BCUT2D eigenvalue weighted by Crippen LogP contribution is 2.35. The molecule has 0 unspecified atom stereocenters. The molecule has 1 saturated heterocycles. The van der Waals surface area contributed by atoms with E-state index in [1.54, 1.807) is 12.1 Å². The lowest BCUT2D eigenvalue weighted by Crippen LogP contribution is -2.41. The standard InChI is InChI=1S/C28H27FN2O2/c29-23-12-10-22(11-13-23)25(18-28(32)30-14-16-33-17-15-30)26-20-31(19-21-6-2-1-3-7-21)27-9-5-4-8-24(26)27/h1-13,20,25H,14-19H2/t25-/m0/s1. The Morgan fingerprint density at radius 1 is 0.909 bits per heavy atom. The number of fused-ring (bicyclic) bond motifs is 1. The average Bonchev–Trinajstić information content (AvgIpc) is 3.22. The third kappa shape index (κ3) is 4.69. The number of nitrogens with zero attached hydrogens (tertiary/aromatic N) is 2. The van der Waals surface area contributed by atoms with Crippen LogP contribution in [0.2, 0.25) is 0 Å². The fourth-order valence-corrected chi connectivity index (χ4v) is 4.68. The highest BCUT2D eigenvalue weighted by molar-refractivity contribution is 5.87. The Morgan fingerprint density at radius 3 is 2.36 bits per heavy atom. The number of hydrogen-bond donors (Lipinski definition) is 0. The summed E-state index contributed by atoms with van der Waals surface area (Å²) >= 11 is 0. The summed E-state index contributed by atoms with van der Waals surface area (Å²) < 4.78 is 21.4. The van der Waals surface area contributed by atoms with E-state index in [1.165, 1.54) is 17.7 Å². The van der Waals surface area contributed by atoms with Crippen molar-refractivity contribution in [2.75, 3.05) is 26.3 Å². The van der Waals surface area contributed by atoms with Crippen molar-refractivity contribution in [2.45, 2.75) is 18.9 Å². The molecule has 0 saturated carbocycles. The first-order valence-corrected chi connectivity index (χ1v) is 11.4. The number of ether oxygens (including phenoxy) is 1. The molecule has 0 bridgehead atoms. The van der Waals surface area contributed by atoms with E-state index in [4.69, 9.17) is 4.74 Å². The number of benzene rings is 3. The van der Waals surface area contributed by atoms with E-state index in [2.05, 4.69) is 35.0 Å². The molecule has 1 aliphatic heterocycles. The lowest BCUT2D eigenvalue weighted by Gasteiger charge is -2.28. The van der Waals surface area contributed by atoms with Gasteiger partial charge in [-0.05, 0) is 34.9 Å². The monoisotopic (exact) mass is 442 g/mol. The number of para-hydroxylation sites is 1. The van der Waals surface area contributed by atoms with E-state index in [0.29, 0.717) is 32.7 Å². The molecular formula is C28H27FN2O2. The molecule has 4 aromatic rings. The number of carbonyl (C=O) groups is 1. The van der Waals surface area contributed by atoms with Crippen LogP contribution in [0.5, 0.6) is 0 Å². The van der Waals surface area contributed by atoms with Crippen LogP contribution in [-0.2, 0) is 16.1 Å². The molecule has 3 aromatic carbocycles. The van der Waals surface area contributed by atoms with Gasteiger partial charge in [-0.1, -0.05) is 60.7 Å². The smallest absolute Gasteiger partial charge is 0.223 e. The minimum Gasteiger partial charge on any atom is -0.378 e. The molecule has 1 aromatic heterocycles. The SMILES string of the molecule is O=C(C[C@@H](c1ccc(F)cc1)c1cn(Cc2ccccc2)c2ccccc12)N1CCOCC1. The molecule has 1 aliphatic rings. The normalized spacial score (nSPS) is 15.0. The topological polar surface area (TPSA) is 34.5 Å². The van der Waals surface area contributed by atoms with Gasteiger partial charge in [0.05, 0.1) is 13.2 Å². The third-order valence-corrected chi connectivity index (χ3v) is 6.41. The van der Waals surface area contributed by atoms with Crippen LogP contribution in [0.1, 0.15) is 29.0 Å². The van der Waals surface area contributed by atoms with Crippen molar-refractivity contribution in [2.24, 2.45) is 0 Å². The molecule has 168 valence electrons. The Balaban J connectivity index is 1.56. The van der Waals surface area contributed by atoms with Crippen LogP contribution in [0, 0.1) is 5.82 Å². The molecule has 1 fully saturated rings. The van der Waals surface area contributed by atoms with Gasteiger partial charge in [-0.2, -0.15) is 0 Å². The summed E-state index contributed by atoms with van der Waals surface area (Å²) in [5.41, 5.74) is 4.38. The second kappa shape index (κ2) is 9.59. The summed E-state index contributed by atoms with van der Waals surface area (Å²) in [6.45, 7) is 3.12. The fraction of sp³-hybridized carbons (Fsp3) is 0.250. The Morgan fingerprint density at radius 2 is 1.61 bits per heavy atom. The van der Waals surface area contributed by atoms with Crippen molar-refractivity contribution in [3.05, 3.63) is 108 Å². The number of hydrogen-bond acceptors (Lipinski definition) is 2. The van der Waals surface area contributed by atoms with E-state index >= 15 is 0 Å². The van der Waals surface area contributed by atoms with Gasteiger partial charge in [0.25, 0.3) is 0 Å². The Labute approximate surface area is 193 Å². The average molecular weight is 443 g/mol. The van der Waals surface area contributed by atoms with Crippen LogP contribution in [-0.4, -0.2) is 41.7 Å². The van der Waals surface area contributed by atoms with Gasteiger partial charge >= 0.3 is 0 Å². The van der Waals surface area contributed by atoms with E-state index in [9.17, 15) is 9.18 Å². The number of rotatable bonds is 6. The van der Waals surface area contributed by atoms with Gasteiger partial charge in [-0.25, -0.2) is 4.39 Å². The van der Waals surface area contributed by atoms with Crippen molar-refractivity contribution in [1.29, 1.82) is 0 Å². The first kappa shape index (κ1) is 21.4. The van der Waals surface area contributed by atoms with Gasteiger partial charge in [0.15, 0.2) is 0 Å². The molecule has 1 amide bonds. The van der Waals surface area contributed by atoms with Crippen LogP contribution in [0.25, 0.3) is 10.9 Å². The molecule has 0 N–H and O–H groups in total. The summed E-state index contributed by atoms with van der Waals surface area (Å²) in [6.07, 6.45) is 2.50. The molecule has 0 radical (unpaired) electrons. The number of aromatic nitrogens is 1. The maximum Gasteiger partial charge on any atom is 0.223 e. The second-order valence-electron chi connectivity index (χ2n) is 8.52. The highest BCUT2D eigenvalue weighted by Gasteiger charge is 2.26. The van der Waals surface area contributed by atoms with Crippen molar-refractivity contribution in [3.63, 3.8) is 0 Å². The van der Waals surface area contributed by atoms with Gasteiger partial charge in [0, 0.05) is 49.1 Å². The minimum absolute atomic E-state index is 0.104. The second-order valence-corrected chi connectivity index (χ2v) is 8.52. The molecule has 0 spiro atoms. The van der Waals surface area contributed by atoms with Gasteiger partial charge in [-0.3, -0.25) is 4.79 Å². The van der Waals surface area contributed by atoms with E-state index in [-0.39, 0.29) is 17.6 Å². The maximum absolute atomic E-state index is 13.7. The maximum atomic E-state index is 13.7. The zero-order chi connectivity index (χ0) is 22.6. The van der Waals surface area contributed by atoms with Crippen LogP contribution in [0.15, 0.2) is 85.1 Å². The van der Waals surface area contributed by atoms with Crippen molar-refractivity contribution < 1.29 is 13.9 Å². The van der Waals surface area contributed by atoms with Gasteiger partial charge in [-0.15, -0.1) is 0 Å². The first-order valence-electron chi connectivity index (χ1n) is 11.4. The van der Waals surface area contributed by atoms with Gasteiger partial charge < -0.3 is 14.2 Å². The summed E-state index contributed by atoms with van der Waals surface area (Å²) in [5.74, 6) is -0.334. The van der Waals surface area contributed by atoms with Gasteiger partial charge in [0.1, 0.15) is 5.82 Å². The molecule has 0 aliphatic carbocycles. The lowest BCUT2D eigenvalue weighted by atomic mass is 9.87. The summed E-state index contributed by atoms with van der Waals surface area (Å²) in [7, 11) is 0.